The van der Waals surface area contributed by atoms with Crippen LogP contribution in [0.3, 0.4) is 0 Å². The summed E-state index contributed by atoms with van der Waals surface area (Å²) in [5.41, 5.74) is 3.49. The Morgan fingerprint density at radius 3 is 2.50 bits per heavy atom. The Hall–Kier alpha value is -0.120. The maximum absolute atomic E-state index is 5.97. The Bertz CT molecular complexity index is 243. The standard InChI is InChI=1S/C13H26N2O/c1-12(2,3)11(15-14)10-5-8-16-13(9-10)6-4-7-13/h10-11,15H,4-9,14H2,1-3H3. The van der Waals surface area contributed by atoms with Gasteiger partial charge in [0.1, 0.15) is 0 Å². The van der Waals surface area contributed by atoms with Gasteiger partial charge in [-0.15, -0.1) is 0 Å². The lowest BCUT2D eigenvalue weighted by Gasteiger charge is -2.50. The normalized spacial score (nSPS) is 31.1. The van der Waals surface area contributed by atoms with E-state index in [9.17, 15) is 0 Å². The molecule has 0 amide bonds. The fourth-order valence-electron chi connectivity index (χ4n) is 3.36. The quantitative estimate of drug-likeness (QED) is 0.560. The van der Waals surface area contributed by atoms with Crippen LogP contribution in [0.4, 0.5) is 0 Å². The SMILES string of the molecule is CC(C)(C)C(NN)C1CCOC2(CCC2)C1. The second kappa shape index (κ2) is 4.28. The van der Waals surface area contributed by atoms with Crippen molar-refractivity contribution in [3.63, 3.8) is 0 Å². The van der Waals surface area contributed by atoms with Crippen molar-refractivity contribution >= 4 is 0 Å². The fourth-order valence-corrected chi connectivity index (χ4v) is 3.36. The molecule has 94 valence electrons. The Kier molecular flexibility index (Phi) is 3.30. The number of rotatable bonds is 2. The van der Waals surface area contributed by atoms with Crippen LogP contribution >= 0.6 is 0 Å². The van der Waals surface area contributed by atoms with Crippen LogP contribution in [0, 0.1) is 11.3 Å². The summed E-state index contributed by atoms with van der Waals surface area (Å²) in [7, 11) is 0. The molecular weight excluding hydrogens is 200 g/mol. The zero-order chi connectivity index (χ0) is 11.8. The smallest absolute Gasteiger partial charge is 0.0685 e. The number of nitrogens with two attached hydrogens (primary N) is 1. The van der Waals surface area contributed by atoms with E-state index in [1.807, 2.05) is 0 Å². The molecule has 2 unspecified atom stereocenters. The molecule has 1 saturated heterocycles. The van der Waals surface area contributed by atoms with Crippen molar-refractivity contribution in [1.82, 2.24) is 5.43 Å². The minimum absolute atomic E-state index is 0.224. The summed E-state index contributed by atoms with van der Waals surface area (Å²) in [6.45, 7) is 7.71. The van der Waals surface area contributed by atoms with Crippen LogP contribution in [-0.2, 0) is 4.74 Å². The predicted octanol–water partition coefficient (Wildman–Crippen LogP) is 2.21. The van der Waals surface area contributed by atoms with E-state index in [1.165, 1.54) is 25.7 Å². The van der Waals surface area contributed by atoms with Gasteiger partial charge < -0.3 is 4.74 Å². The highest BCUT2D eigenvalue weighted by atomic mass is 16.5. The molecule has 1 aliphatic heterocycles. The number of hydrogen-bond acceptors (Lipinski definition) is 3. The van der Waals surface area contributed by atoms with Crippen LogP contribution in [0.1, 0.15) is 52.9 Å². The van der Waals surface area contributed by atoms with Gasteiger partial charge in [0.05, 0.1) is 5.60 Å². The molecule has 0 aromatic heterocycles. The van der Waals surface area contributed by atoms with Gasteiger partial charge >= 0.3 is 0 Å². The van der Waals surface area contributed by atoms with Crippen molar-refractivity contribution in [2.45, 2.75) is 64.5 Å². The highest BCUT2D eigenvalue weighted by molar-refractivity contribution is 4.98. The van der Waals surface area contributed by atoms with Crippen molar-refractivity contribution in [2.24, 2.45) is 17.2 Å². The van der Waals surface area contributed by atoms with Gasteiger partial charge in [-0.3, -0.25) is 11.3 Å². The van der Waals surface area contributed by atoms with E-state index in [1.54, 1.807) is 0 Å². The van der Waals surface area contributed by atoms with Crippen LogP contribution in [0.25, 0.3) is 0 Å². The second-order valence-corrected chi connectivity index (χ2v) is 6.65. The summed E-state index contributed by atoms with van der Waals surface area (Å²) in [5.74, 6) is 6.41. The molecule has 1 saturated carbocycles. The summed E-state index contributed by atoms with van der Waals surface area (Å²) in [5, 5.41) is 0. The van der Waals surface area contributed by atoms with Crippen LogP contribution in [-0.4, -0.2) is 18.2 Å². The topological polar surface area (TPSA) is 47.3 Å². The van der Waals surface area contributed by atoms with E-state index in [0.29, 0.717) is 12.0 Å². The van der Waals surface area contributed by atoms with E-state index in [2.05, 4.69) is 26.2 Å². The van der Waals surface area contributed by atoms with Crippen LogP contribution in [0.5, 0.6) is 0 Å². The van der Waals surface area contributed by atoms with Gasteiger partial charge in [-0.05, 0) is 43.4 Å². The third kappa shape index (κ3) is 2.27. The van der Waals surface area contributed by atoms with E-state index >= 15 is 0 Å². The first-order valence-electron chi connectivity index (χ1n) is 6.57. The van der Waals surface area contributed by atoms with Crippen LogP contribution in [0.15, 0.2) is 0 Å². The minimum Gasteiger partial charge on any atom is -0.375 e. The van der Waals surface area contributed by atoms with Gasteiger partial charge in [-0.25, -0.2) is 0 Å². The summed E-state index contributed by atoms with van der Waals surface area (Å²) in [6, 6.07) is 0.397. The minimum atomic E-state index is 0.224. The molecule has 16 heavy (non-hydrogen) atoms. The van der Waals surface area contributed by atoms with Gasteiger partial charge in [-0.1, -0.05) is 20.8 Å². The lowest BCUT2D eigenvalue weighted by molar-refractivity contribution is -0.151. The first-order valence-corrected chi connectivity index (χ1v) is 6.57. The Labute approximate surface area is 99.1 Å². The average Bonchev–Trinajstić information content (AvgIpc) is 2.15. The van der Waals surface area contributed by atoms with Gasteiger partial charge in [0.15, 0.2) is 0 Å². The van der Waals surface area contributed by atoms with Crippen molar-refractivity contribution in [3.8, 4) is 0 Å². The molecule has 0 aromatic rings. The first kappa shape index (κ1) is 12.3. The largest absolute Gasteiger partial charge is 0.375 e. The fraction of sp³-hybridized carbons (Fsp3) is 1.00. The van der Waals surface area contributed by atoms with Gasteiger partial charge in [-0.2, -0.15) is 0 Å². The number of hydrazine groups is 1. The third-order valence-electron chi connectivity index (χ3n) is 4.38. The van der Waals surface area contributed by atoms with E-state index in [-0.39, 0.29) is 11.0 Å². The molecule has 3 heteroatoms. The lowest BCUT2D eigenvalue weighted by atomic mass is 9.67. The zero-order valence-electron chi connectivity index (χ0n) is 10.9. The van der Waals surface area contributed by atoms with Crippen LogP contribution in [0.2, 0.25) is 0 Å². The second-order valence-electron chi connectivity index (χ2n) is 6.65. The maximum atomic E-state index is 5.97. The highest BCUT2D eigenvalue weighted by Crippen LogP contribution is 2.46. The molecule has 2 rings (SSSR count). The zero-order valence-corrected chi connectivity index (χ0v) is 10.9. The lowest BCUT2D eigenvalue weighted by Crippen LogP contribution is -2.55. The molecule has 3 nitrogen and oxygen atoms in total. The van der Waals surface area contributed by atoms with Crippen LogP contribution < -0.4 is 11.3 Å². The van der Waals surface area contributed by atoms with E-state index < -0.39 is 0 Å². The summed E-state index contributed by atoms with van der Waals surface area (Å²) in [4.78, 5) is 0. The summed E-state index contributed by atoms with van der Waals surface area (Å²) < 4.78 is 5.97. The molecule has 2 atom stereocenters. The van der Waals surface area contributed by atoms with E-state index in [4.69, 9.17) is 10.6 Å². The number of hydrogen-bond donors (Lipinski definition) is 2. The van der Waals surface area contributed by atoms with Gasteiger partial charge in [0, 0.05) is 12.6 Å². The molecule has 0 bridgehead atoms. The highest BCUT2D eigenvalue weighted by Gasteiger charge is 2.45. The molecule has 2 fully saturated rings. The van der Waals surface area contributed by atoms with Gasteiger partial charge in [0.2, 0.25) is 0 Å². The molecule has 3 N–H and O–H groups in total. The van der Waals surface area contributed by atoms with Crippen molar-refractivity contribution < 1.29 is 4.74 Å². The van der Waals surface area contributed by atoms with Crippen molar-refractivity contribution in [3.05, 3.63) is 0 Å². The average molecular weight is 226 g/mol. The summed E-state index contributed by atoms with van der Waals surface area (Å²) in [6.07, 6.45) is 6.19. The molecule has 0 aromatic carbocycles. The molecular formula is C13H26N2O. The maximum Gasteiger partial charge on any atom is 0.0685 e. The van der Waals surface area contributed by atoms with Gasteiger partial charge in [0.25, 0.3) is 0 Å². The molecule has 1 spiro atoms. The Morgan fingerprint density at radius 1 is 1.38 bits per heavy atom. The third-order valence-corrected chi connectivity index (χ3v) is 4.38. The molecule has 1 heterocycles. The molecule has 2 aliphatic rings. The summed E-state index contributed by atoms with van der Waals surface area (Å²) >= 11 is 0. The van der Waals surface area contributed by atoms with E-state index in [0.717, 1.165) is 13.0 Å². The number of nitrogens with one attached hydrogen (secondary N) is 1. The Balaban J connectivity index is 2.02. The molecule has 0 radical (unpaired) electrons. The number of ether oxygens (including phenoxy) is 1. The first-order chi connectivity index (χ1) is 7.47. The predicted molar refractivity (Wildman–Crippen MR) is 65.8 cm³/mol. The Morgan fingerprint density at radius 2 is 2.06 bits per heavy atom. The van der Waals surface area contributed by atoms with Crippen molar-refractivity contribution in [2.75, 3.05) is 6.61 Å². The van der Waals surface area contributed by atoms with Crippen molar-refractivity contribution in [1.29, 1.82) is 0 Å². The molecule has 1 aliphatic carbocycles. The monoisotopic (exact) mass is 226 g/mol.